The van der Waals surface area contributed by atoms with Crippen LogP contribution in [0.3, 0.4) is 0 Å². The van der Waals surface area contributed by atoms with Crippen LogP contribution in [0.4, 0.5) is 9.52 Å². The van der Waals surface area contributed by atoms with Crippen molar-refractivity contribution in [2.45, 2.75) is 4.90 Å². The first-order chi connectivity index (χ1) is 17.8. The second kappa shape index (κ2) is 11.0. The summed E-state index contributed by atoms with van der Waals surface area (Å²) >= 11 is 1.13. The Bertz CT molecular complexity index is 1610. The molecule has 2 aromatic carbocycles. The quantitative estimate of drug-likeness (QED) is 0.256. The van der Waals surface area contributed by atoms with Crippen molar-refractivity contribution < 1.29 is 17.5 Å². The maximum Gasteiger partial charge on any atom is 0.263 e. The van der Waals surface area contributed by atoms with Crippen LogP contribution in [-0.4, -0.2) is 31.6 Å². The van der Waals surface area contributed by atoms with Crippen LogP contribution in [0.1, 0.15) is 11.1 Å². The fraction of sp³-hybridized carbons (Fsp3) is 0.0400. The number of nitriles is 1. The predicted octanol–water partition coefficient (Wildman–Crippen LogP) is 5.02. The molecule has 2 aromatic heterocycles. The van der Waals surface area contributed by atoms with Gasteiger partial charge in [0.25, 0.3) is 10.0 Å². The lowest BCUT2D eigenvalue weighted by Crippen LogP contribution is -2.13. The summed E-state index contributed by atoms with van der Waals surface area (Å²) in [5.41, 5.74) is 2.23. The van der Waals surface area contributed by atoms with Gasteiger partial charge in [0.05, 0.1) is 22.3 Å². The smallest absolute Gasteiger partial charge is 0.263 e. The van der Waals surface area contributed by atoms with E-state index < -0.39 is 10.0 Å². The molecular weight excluding hydrogens is 515 g/mol. The maximum atomic E-state index is 13.4. The molecule has 9 nitrogen and oxygen atoms in total. The number of hydrogen-bond donors (Lipinski definition) is 3. The summed E-state index contributed by atoms with van der Waals surface area (Å²) in [5.74, 6) is -0.0141. The number of halogens is 1. The van der Waals surface area contributed by atoms with Gasteiger partial charge >= 0.3 is 0 Å². The Morgan fingerprint density at radius 1 is 1.16 bits per heavy atom. The minimum Gasteiger partial charge on any atom is -0.454 e. The lowest BCUT2D eigenvalue weighted by atomic mass is 10.1. The fourth-order valence-corrected chi connectivity index (χ4v) is 5.14. The Kier molecular flexibility index (Phi) is 7.57. The van der Waals surface area contributed by atoms with Crippen molar-refractivity contribution in [1.82, 2.24) is 15.3 Å². The number of benzene rings is 2. The molecule has 0 amide bonds. The molecule has 0 bridgehead atoms. The van der Waals surface area contributed by atoms with E-state index in [4.69, 9.17) is 10.1 Å². The number of nitrogens with one attached hydrogen (secondary N) is 3. The minimum absolute atomic E-state index is 0.0161. The van der Waals surface area contributed by atoms with Crippen molar-refractivity contribution >= 4 is 38.4 Å². The zero-order chi connectivity index (χ0) is 26.4. The molecule has 0 aliphatic carbocycles. The standard InChI is InChI=1S/C25H19FN6O3S2/c1-29-21(8-9-27)20-13-22(16-2-4-18(26)5-3-16)31-15-24(20)35-23-7-6-19(12-17(23)14-28)37(33,34)32-25-30-10-11-36-25/h2-13,15,27,29H,1H3,(H,30,32)/b21-8-,27-9?. The van der Waals surface area contributed by atoms with Gasteiger partial charge < -0.3 is 15.5 Å². The normalized spacial score (nSPS) is 11.4. The van der Waals surface area contributed by atoms with Gasteiger partial charge in [-0.1, -0.05) is 0 Å². The molecule has 0 fully saturated rings. The molecule has 186 valence electrons. The molecule has 2 heterocycles. The maximum absolute atomic E-state index is 13.4. The van der Waals surface area contributed by atoms with Gasteiger partial charge in [0.15, 0.2) is 10.9 Å². The van der Waals surface area contributed by atoms with Gasteiger partial charge in [-0.05, 0) is 54.6 Å². The van der Waals surface area contributed by atoms with E-state index in [-0.39, 0.29) is 32.9 Å². The summed E-state index contributed by atoms with van der Waals surface area (Å²) in [5, 5.41) is 22.0. The van der Waals surface area contributed by atoms with Gasteiger partial charge in [0.1, 0.15) is 17.6 Å². The Labute approximate surface area is 216 Å². The molecule has 0 aliphatic rings. The molecular formula is C25H19FN6O3S2. The molecule has 12 heteroatoms. The second-order valence-electron chi connectivity index (χ2n) is 7.38. The van der Waals surface area contributed by atoms with Gasteiger partial charge in [-0.2, -0.15) is 5.26 Å². The molecule has 0 saturated carbocycles. The number of hydrogen-bond acceptors (Lipinski definition) is 9. The SMILES string of the molecule is CN/C(=C\C=N)c1cc(-c2ccc(F)cc2)ncc1Oc1ccc(S(=O)(=O)Nc2nccs2)cc1C#N. The molecule has 0 unspecified atom stereocenters. The summed E-state index contributed by atoms with van der Waals surface area (Å²) in [7, 11) is -2.30. The Morgan fingerprint density at radius 2 is 1.95 bits per heavy atom. The lowest BCUT2D eigenvalue weighted by Gasteiger charge is -2.16. The number of rotatable bonds is 9. The van der Waals surface area contributed by atoms with Crippen molar-refractivity contribution in [3.8, 4) is 28.8 Å². The van der Waals surface area contributed by atoms with Gasteiger partial charge in [-0.15, -0.1) is 11.3 Å². The van der Waals surface area contributed by atoms with Crippen molar-refractivity contribution in [3.05, 3.63) is 89.3 Å². The summed E-state index contributed by atoms with van der Waals surface area (Å²) in [6, 6.07) is 13.4. The van der Waals surface area contributed by atoms with E-state index in [0.717, 1.165) is 17.6 Å². The Morgan fingerprint density at radius 3 is 2.59 bits per heavy atom. The number of anilines is 1. The number of ether oxygens (including phenoxy) is 1. The highest BCUT2D eigenvalue weighted by molar-refractivity contribution is 7.93. The first kappa shape index (κ1) is 25.5. The zero-order valence-electron chi connectivity index (χ0n) is 19.3. The van der Waals surface area contributed by atoms with Crippen LogP contribution in [0, 0.1) is 22.6 Å². The summed E-state index contributed by atoms with van der Waals surface area (Å²) in [6.07, 6.45) is 5.53. The molecule has 0 spiro atoms. The molecule has 4 aromatic rings. The Balaban J connectivity index is 1.73. The number of aromatic nitrogens is 2. The second-order valence-corrected chi connectivity index (χ2v) is 9.96. The van der Waals surface area contributed by atoms with E-state index >= 15 is 0 Å². The first-order valence-corrected chi connectivity index (χ1v) is 13.0. The van der Waals surface area contributed by atoms with E-state index in [0.29, 0.717) is 22.5 Å². The van der Waals surface area contributed by atoms with Crippen molar-refractivity contribution in [1.29, 1.82) is 10.7 Å². The molecule has 4 rings (SSSR count). The van der Waals surface area contributed by atoms with Gasteiger partial charge in [0, 0.05) is 41.7 Å². The van der Waals surface area contributed by atoms with Gasteiger partial charge in [0.2, 0.25) is 0 Å². The molecule has 37 heavy (non-hydrogen) atoms. The van der Waals surface area contributed by atoms with Crippen LogP contribution >= 0.6 is 11.3 Å². The zero-order valence-corrected chi connectivity index (χ0v) is 20.9. The van der Waals surface area contributed by atoms with Crippen LogP contribution in [0.2, 0.25) is 0 Å². The molecule has 0 saturated heterocycles. The number of pyridine rings is 1. The monoisotopic (exact) mass is 534 g/mol. The third-order valence-corrected chi connectivity index (χ3v) is 7.23. The highest BCUT2D eigenvalue weighted by Crippen LogP contribution is 2.34. The third kappa shape index (κ3) is 5.80. The van der Waals surface area contributed by atoms with Crippen molar-refractivity contribution in [3.63, 3.8) is 0 Å². The molecule has 0 radical (unpaired) electrons. The third-order valence-electron chi connectivity index (χ3n) is 5.07. The van der Waals surface area contributed by atoms with Crippen LogP contribution in [0.25, 0.3) is 17.0 Å². The number of sulfonamides is 1. The van der Waals surface area contributed by atoms with Gasteiger partial charge in [-0.3, -0.25) is 9.71 Å². The Hall–Kier alpha value is -4.60. The predicted molar refractivity (Wildman–Crippen MR) is 140 cm³/mol. The number of nitrogens with zero attached hydrogens (tertiary/aromatic N) is 3. The molecule has 3 N–H and O–H groups in total. The van der Waals surface area contributed by atoms with Crippen molar-refractivity contribution in [2.75, 3.05) is 11.8 Å². The highest BCUT2D eigenvalue weighted by atomic mass is 32.2. The molecule has 0 atom stereocenters. The van der Waals surface area contributed by atoms with Crippen molar-refractivity contribution in [2.24, 2.45) is 0 Å². The van der Waals surface area contributed by atoms with E-state index in [2.05, 4.69) is 20.0 Å². The largest absolute Gasteiger partial charge is 0.454 e. The first-order valence-electron chi connectivity index (χ1n) is 10.6. The van der Waals surface area contributed by atoms with Gasteiger partial charge in [-0.25, -0.2) is 17.8 Å². The van der Waals surface area contributed by atoms with E-state index in [1.807, 2.05) is 6.07 Å². The summed E-state index contributed by atoms with van der Waals surface area (Å²) in [6.45, 7) is 0. The lowest BCUT2D eigenvalue weighted by molar-refractivity contribution is 0.476. The molecule has 0 aliphatic heterocycles. The number of allylic oxidation sites excluding steroid dienone is 1. The number of thiazole rings is 1. The van der Waals surface area contributed by atoms with E-state index in [1.165, 1.54) is 48.8 Å². The average Bonchev–Trinajstić information content (AvgIpc) is 3.40. The highest BCUT2D eigenvalue weighted by Gasteiger charge is 2.20. The average molecular weight is 535 g/mol. The van der Waals surface area contributed by atoms with Crippen LogP contribution in [-0.2, 0) is 10.0 Å². The van der Waals surface area contributed by atoms with E-state index in [1.54, 1.807) is 30.6 Å². The van der Waals surface area contributed by atoms with Crippen LogP contribution in [0.15, 0.2) is 77.3 Å². The van der Waals surface area contributed by atoms with E-state index in [9.17, 15) is 18.1 Å². The topological polar surface area (TPSA) is 141 Å². The summed E-state index contributed by atoms with van der Waals surface area (Å²) in [4.78, 5) is 8.20. The van der Waals surface area contributed by atoms with Crippen LogP contribution < -0.4 is 14.8 Å². The fourth-order valence-electron chi connectivity index (χ4n) is 3.32. The minimum atomic E-state index is -3.97. The van der Waals surface area contributed by atoms with Crippen LogP contribution in [0.5, 0.6) is 11.5 Å². The summed E-state index contributed by atoms with van der Waals surface area (Å²) < 4.78 is 47.2.